The fourth-order valence-electron chi connectivity index (χ4n) is 3.36. The molecule has 4 rings (SSSR count). The molecule has 0 radical (unpaired) electrons. The summed E-state index contributed by atoms with van der Waals surface area (Å²) >= 11 is 0. The van der Waals surface area contributed by atoms with E-state index in [1.54, 1.807) is 24.3 Å². The van der Waals surface area contributed by atoms with Gasteiger partial charge in [-0.3, -0.25) is 4.79 Å². The predicted molar refractivity (Wildman–Crippen MR) is 137 cm³/mol. The van der Waals surface area contributed by atoms with E-state index >= 15 is 0 Å². The normalized spacial score (nSPS) is 10.8. The number of hydrogen-bond acceptors (Lipinski definition) is 5. The highest BCUT2D eigenvalue weighted by atomic mass is 16.7. The first-order valence-corrected chi connectivity index (χ1v) is 10.9. The van der Waals surface area contributed by atoms with Crippen molar-refractivity contribution in [3.8, 4) is 11.5 Å². The molecular formula is C29H26N2O3. The minimum atomic E-state index is -0.00465. The Labute approximate surface area is 199 Å². The molecule has 0 atom stereocenters. The van der Waals surface area contributed by atoms with Crippen molar-refractivity contribution < 1.29 is 14.3 Å². The minimum Gasteiger partial charge on any atom is -0.458 e. The zero-order valence-corrected chi connectivity index (χ0v) is 18.7. The first-order chi connectivity index (χ1) is 16.6. The number of rotatable bonds is 9. The lowest BCUT2D eigenvalue weighted by Crippen LogP contribution is -2.06. The van der Waals surface area contributed by atoms with Gasteiger partial charge in [0.05, 0.1) is 11.4 Å². The SMILES string of the molecule is Nc1ccc(OCOc2ccc(Cc3ccc(/C=C/C(=O)c4ccccc4)cc3)cc2)cc1N. The Kier molecular flexibility index (Phi) is 7.25. The van der Waals surface area contributed by atoms with Gasteiger partial charge in [0.2, 0.25) is 6.79 Å². The predicted octanol–water partition coefficient (Wildman–Crippen LogP) is 5.75. The van der Waals surface area contributed by atoms with Gasteiger partial charge in [0, 0.05) is 11.6 Å². The molecule has 4 aromatic carbocycles. The van der Waals surface area contributed by atoms with Gasteiger partial charge in [-0.1, -0.05) is 72.8 Å². The number of nitrogen functional groups attached to an aromatic ring is 2. The van der Waals surface area contributed by atoms with E-state index in [0.29, 0.717) is 22.7 Å². The van der Waals surface area contributed by atoms with Crippen LogP contribution in [0.25, 0.3) is 6.08 Å². The zero-order valence-electron chi connectivity index (χ0n) is 18.7. The number of allylic oxidation sites excluding steroid dienone is 1. The number of benzene rings is 4. The molecule has 4 N–H and O–H groups in total. The molecule has 0 unspecified atom stereocenters. The Morgan fingerprint density at radius 2 is 1.32 bits per heavy atom. The Balaban J connectivity index is 1.27. The summed E-state index contributed by atoms with van der Waals surface area (Å²) in [5.74, 6) is 1.32. The monoisotopic (exact) mass is 450 g/mol. The van der Waals surface area contributed by atoms with E-state index in [2.05, 4.69) is 12.1 Å². The van der Waals surface area contributed by atoms with Gasteiger partial charge in [-0.25, -0.2) is 0 Å². The lowest BCUT2D eigenvalue weighted by atomic mass is 10.0. The van der Waals surface area contributed by atoms with E-state index in [1.165, 1.54) is 11.1 Å². The molecule has 0 fully saturated rings. The van der Waals surface area contributed by atoms with E-state index in [1.807, 2.05) is 72.8 Å². The van der Waals surface area contributed by atoms with Crippen molar-refractivity contribution >= 4 is 23.2 Å². The first kappa shape index (κ1) is 22.7. The maximum Gasteiger partial charge on any atom is 0.230 e. The molecule has 0 aliphatic heterocycles. The second-order valence-electron chi connectivity index (χ2n) is 7.82. The zero-order chi connectivity index (χ0) is 23.8. The molecule has 0 saturated heterocycles. The molecule has 170 valence electrons. The molecule has 0 heterocycles. The van der Waals surface area contributed by atoms with Gasteiger partial charge in [-0.05, 0) is 53.5 Å². The molecule has 0 bridgehead atoms. The Morgan fingerprint density at radius 3 is 2.00 bits per heavy atom. The molecule has 5 nitrogen and oxygen atoms in total. The van der Waals surface area contributed by atoms with Gasteiger partial charge >= 0.3 is 0 Å². The largest absolute Gasteiger partial charge is 0.458 e. The smallest absolute Gasteiger partial charge is 0.230 e. The Bertz CT molecular complexity index is 1270. The van der Waals surface area contributed by atoms with Crippen LogP contribution in [0.1, 0.15) is 27.0 Å². The van der Waals surface area contributed by atoms with E-state index in [-0.39, 0.29) is 12.6 Å². The number of hydrogen-bond donors (Lipinski definition) is 2. The third-order valence-corrected chi connectivity index (χ3v) is 5.31. The van der Waals surface area contributed by atoms with Gasteiger partial charge in [0.15, 0.2) is 5.78 Å². The quantitative estimate of drug-likeness (QED) is 0.147. The summed E-state index contributed by atoms with van der Waals surface area (Å²) in [6.45, 7) is 0.0739. The summed E-state index contributed by atoms with van der Waals surface area (Å²) < 4.78 is 11.2. The third kappa shape index (κ3) is 6.26. The van der Waals surface area contributed by atoms with Crippen molar-refractivity contribution in [3.05, 3.63) is 125 Å². The van der Waals surface area contributed by atoms with Crippen LogP contribution in [-0.4, -0.2) is 12.6 Å². The summed E-state index contributed by atoms with van der Waals surface area (Å²) in [6, 6.07) is 30.4. The maximum atomic E-state index is 12.2. The fourth-order valence-corrected chi connectivity index (χ4v) is 3.36. The topological polar surface area (TPSA) is 87.6 Å². The van der Waals surface area contributed by atoms with Gasteiger partial charge in [0.25, 0.3) is 0 Å². The van der Waals surface area contributed by atoms with Crippen molar-refractivity contribution in [2.24, 2.45) is 0 Å². The van der Waals surface area contributed by atoms with Crippen LogP contribution in [-0.2, 0) is 6.42 Å². The molecule has 0 saturated carbocycles. The summed E-state index contributed by atoms with van der Waals surface area (Å²) in [4.78, 5) is 12.2. The standard InChI is InChI=1S/C29H26N2O3/c30-27-16-15-26(19-28(27)31)34-20-33-25-13-10-23(11-14-25)18-22-8-6-21(7-9-22)12-17-29(32)24-4-2-1-3-5-24/h1-17,19H,18,20,30-31H2/b17-12+. The fraction of sp³-hybridized carbons (Fsp3) is 0.0690. The number of anilines is 2. The summed E-state index contributed by atoms with van der Waals surface area (Å²) in [7, 11) is 0. The number of ketones is 1. The van der Waals surface area contributed by atoms with Gasteiger partial charge < -0.3 is 20.9 Å². The number of ether oxygens (including phenoxy) is 2. The van der Waals surface area contributed by atoms with Crippen LogP contribution in [0.4, 0.5) is 11.4 Å². The summed E-state index contributed by atoms with van der Waals surface area (Å²) in [5, 5.41) is 0. The highest BCUT2D eigenvalue weighted by Gasteiger charge is 2.02. The van der Waals surface area contributed by atoms with Crippen LogP contribution in [0.3, 0.4) is 0 Å². The average molecular weight is 451 g/mol. The van der Waals surface area contributed by atoms with Crippen molar-refractivity contribution in [1.82, 2.24) is 0 Å². The Morgan fingerprint density at radius 1 is 0.706 bits per heavy atom. The molecule has 0 amide bonds. The average Bonchev–Trinajstić information content (AvgIpc) is 2.87. The number of carbonyl (C=O) groups excluding carboxylic acids is 1. The van der Waals surface area contributed by atoms with Crippen LogP contribution in [0.5, 0.6) is 11.5 Å². The molecule has 4 aromatic rings. The second-order valence-corrected chi connectivity index (χ2v) is 7.82. The molecule has 0 aliphatic rings. The highest BCUT2D eigenvalue weighted by molar-refractivity contribution is 6.06. The van der Waals surface area contributed by atoms with Gasteiger partial charge in [-0.15, -0.1) is 0 Å². The minimum absolute atomic E-state index is 0.00465. The van der Waals surface area contributed by atoms with Crippen molar-refractivity contribution in [2.45, 2.75) is 6.42 Å². The van der Waals surface area contributed by atoms with Crippen LogP contribution < -0.4 is 20.9 Å². The Hall–Kier alpha value is -4.51. The van der Waals surface area contributed by atoms with E-state index in [4.69, 9.17) is 20.9 Å². The molecule has 0 aromatic heterocycles. The third-order valence-electron chi connectivity index (χ3n) is 5.31. The van der Waals surface area contributed by atoms with Crippen molar-refractivity contribution in [2.75, 3.05) is 18.3 Å². The van der Waals surface area contributed by atoms with Gasteiger partial charge in [-0.2, -0.15) is 0 Å². The number of nitrogens with two attached hydrogens (primary N) is 2. The van der Waals surface area contributed by atoms with Crippen molar-refractivity contribution in [3.63, 3.8) is 0 Å². The summed E-state index contributed by atoms with van der Waals surface area (Å²) in [6.07, 6.45) is 4.25. The van der Waals surface area contributed by atoms with Crippen LogP contribution >= 0.6 is 0 Å². The van der Waals surface area contributed by atoms with Crippen LogP contribution in [0.2, 0.25) is 0 Å². The molecular weight excluding hydrogens is 424 g/mol. The second kappa shape index (κ2) is 10.9. The van der Waals surface area contributed by atoms with Crippen molar-refractivity contribution in [1.29, 1.82) is 0 Å². The van der Waals surface area contributed by atoms with Crippen LogP contribution in [0, 0.1) is 0 Å². The molecule has 0 spiro atoms. The molecule has 0 aliphatic carbocycles. The van der Waals surface area contributed by atoms with Gasteiger partial charge in [0.1, 0.15) is 11.5 Å². The first-order valence-electron chi connectivity index (χ1n) is 10.9. The number of carbonyl (C=O) groups is 1. The highest BCUT2D eigenvalue weighted by Crippen LogP contribution is 2.22. The lowest BCUT2D eigenvalue weighted by molar-refractivity contribution is 0.104. The lowest BCUT2D eigenvalue weighted by Gasteiger charge is -2.10. The molecule has 5 heteroatoms. The van der Waals surface area contributed by atoms with E-state index < -0.39 is 0 Å². The molecule has 34 heavy (non-hydrogen) atoms. The maximum absolute atomic E-state index is 12.2. The summed E-state index contributed by atoms with van der Waals surface area (Å²) in [5.41, 5.74) is 16.5. The van der Waals surface area contributed by atoms with E-state index in [9.17, 15) is 4.79 Å². The van der Waals surface area contributed by atoms with Crippen LogP contribution in [0.15, 0.2) is 103 Å². The van der Waals surface area contributed by atoms with E-state index in [0.717, 1.165) is 17.7 Å².